The first-order valence-corrected chi connectivity index (χ1v) is 6.15. The van der Waals surface area contributed by atoms with Gasteiger partial charge in [0.05, 0.1) is 7.11 Å². The number of hydrogen-bond donors (Lipinski definition) is 0. The number of hydrogen-bond acceptors (Lipinski definition) is 2. The lowest BCUT2D eigenvalue weighted by atomic mass is 10.2. The van der Waals surface area contributed by atoms with Crippen LogP contribution in [0.2, 0.25) is 0 Å². The highest BCUT2D eigenvalue weighted by molar-refractivity contribution is 5.83. The molecule has 0 saturated carbocycles. The van der Waals surface area contributed by atoms with Crippen molar-refractivity contribution < 1.29 is 4.74 Å². The van der Waals surface area contributed by atoms with E-state index in [9.17, 15) is 0 Å². The fraction of sp³-hybridized carbons (Fsp3) is 0.500. The summed E-state index contributed by atoms with van der Waals surface area (Å²) in [6, 6.07) is 6.11. The molecule has 1 aromatic carbocycles. The SMILES string of the molecule is COc1cc(C)ccc1N=C(C)N1CCCC1. The van der Waals surface area contributed by atoms with E-state index in [0.717, 1.165) is 30.4 Å². The molecular formula is C14H20N2O. The summed E-state index contributed by atoms with van der Waals surface area (Å²) in [5.41, 5.74) is 2.11. The minimum atomic E-state index is 0.851. The van der Waals surface area contributed by atoms with Gasteiger partial charge in [-0.3, -0.25) is 0 Å². The van der Waals surface area contributed by atoms with Crippen molar-refractivity contribution in [3.8, 4) is 5.75 Å². The molecule has 1 heterocycles. The van der Waals surface area contributed by atoms with Crippen molar-refractivity contribution in [2.45, 2.75) is 26.7 Å². The van der Waals surface area contributed by atoms with Gasteiger partial charge >= 0.3 is 0 Å². The van der Waals surface area contributed by atoms with Gasteiger partial charge < -0.3 is 9.64 Å². The number of methoxy groups -OCH3 is 1. The van der Waals surface area contributed by atoms with Gasteiger partial charge in [-0.2, -0.15) is 0 Å². The molecule has 92 valence electrons. The first-order valence-electron chi connectivity index (χ1n) is 6.15. The zero-order valence-electron chi connectivity index (χ0n) is 10.9. The fourth-order valence-electron chi connectivity index (χ4n) is 2.16. The van der Waals surface area contributed by atoms with E-state index in [1.807, 2.05) is 12.1 Å². The second kappa shape index (κ2) is 5.21. The number of rotatable bonds is 2. The van der Waals surface area contributed by atoms with Crippen LogP contribution >= 0.6 is 0 Å². The van der Waals surface area contributed by atoms with Crippen LogP contribution in [-0.2, 0) is 0 Å². The van der Waals surface area contributed by atoms with E-state index in [1.54, 1.807) is 7.11 Å². The van der Waals surface area contributed by atoms with Crippen molar-refractivity contribution in [1.82, 2.24) is 4.90 Å². The molecule has 17 heavy (non-hydrogen) atoms. The number of aryl methyl sites for hydroxylation is 1. The number of ether oxygens (including phenoxy) is 1. The third kappa shape index (κ3) is 2.78. The van der Waals surface area contributed by atoms with E-state index in [1.165, 1.54) is 18.4 Å². The van der Waals surface area contributed by atoms with E-state index in [0.29, 0.717) is 0 Å². The highest BCUT2D eigenvalue weighted by atomic mass is 16.5. The lowest BCUT2D eigenvalue weighted by Crippen LogP contribution is -2.24. The van der Waals surface area contributed by atoms with Crippen LogP contribution in [0, 0.1) is 6.92 Å². The maximum atomic E-state index is 5.36. The van der Waals surface area contributed by atoms with Crippen molar-refractivity contribution in [3.05, 3.63) is 23.8 Å². The Morgan fingerprint density at radius 2 is 2.00 bits per heavy atom. The molecule has 1 fully saturated rings. The molecular weight excluding hydrogens is 212 g/mol. The predicted octanol–water partition coefficient (Wildman–Crippen LogP) is 3.15. The Balaban J connectivity index is 2.24. The van der Waals surface area contributed by atoms with Crippen LogP contribution in [0.4, 0.5) is 5.69 Å². The molecule has 0 N–H and O–H groups in total. The number of aliphatic imine (C=N–C) groups is 1. The van der Waals surface area contributed by atoms with Gasteiger partial charge in [-0.15, -0.1) is 0 Å². The predicted molar refractivity (Wildman–Crippen MR) is 71.3 cm³/mol. The number of benzene rings is 1. The molecule has 1 aliphatic heterocycles. The average Bonchev–Trinajstić information content (AvgIpc) is 2.85. The minimum absolute atomic E-state index is 0.851. The average molecular weight is 232 g/mol. The Morgan fingerprint density at radius 3 is 2.65 bits per heavy atom. The van der Waals surface area contributed by atoms with Gasteiger partial charge in [0.1, 0.15) is 17.3 Å². The van der Waals surface area contributed by atoms with Crippen LogP contribution in [0.15, 0.2) is 23.2 Å². The summed E-state index contributed by atoms with van der Waals surface area (Å²) >= 11 is 0. The molecule has 1 aliphatic rings. The first-order chi connectivity index (χ1) is 8.20. The standard InChI is InChI=1S/C14H20N2O/c1-11-6-7-13(14(10-11)17-3)15-12(2)16-8-4-5-9-16/h6-7,10H,4-5,8-9H2,1-3H3. The van der Waals surface area contributed by atoms with E-state index in [4.69, 9.17) is 4.74 Å². The van der Waals surface area contributed by atoms with Gasteiger partial charge in [-0.25, -0.2) is 4.99 Å². The van der Waals surface area contributed by atoms with Gasteiger partial charge in [0.2, 0.25) is 0 Å². The van der Waals surface area contributed by atoms with Crippen molar-refractivity contribution in [2.75, 3.05) is 20.2 Å². The Bertz CT molecular complexity index is 420. The quantitative estimate of drug-likeness (QED) is 0.578. The maximum absolute atomic E-state index is 5.36. The summed E-state index contributed by atoms with van der Waals surface area (Å²) in [6.07, 6.45) is 2.55. The molecule has 0 atom stereocenters. The van der Waals surface area contributed by atoms with Gasteiger partial charge in [0.25, 0.3) is 0 Å². The summed E-state index contributed by atoms with van der Waals surface area (Å²) < 4.78 is 5.36. The number of amidine groups is 1. The molecule has 0 unspecified atom stereocenters. The maximum Gasteiger partial charge on any atom is 0.144 e. The van der Waals surface area contributed by atoms with Gasteiger partial charge in [0, 0.05) is 13.1 Å². The lowest BCUT2D eigenvalue weighted by Gasteiger charge is -2.17. The summed E-state index contributed by atoms with van der Waals surface area (Å²) in [6.45, 7) is 6.39. The number of likely N-dealkylation sites (tertiary alicyclic amines) is 1. The molecule has 0 radical (unpaired) electrons. The van der Waals surface area contributed by atoms with Crippen molar-refractivity contribution in [1.29, 1.82) is 0 Å². The summed E-state index contributed by atoms with van der Waals surface area (Å²) in [7, 11) is 1.69. The second-order valence-corrected chi connectivity index (χ2v) is 4.53. The molecule has 0 bridgehead atoms. The molecule has 0 aliphatic carbocycles. The molecule has 0 aromatic heterocycles. The molecule has 0 spiro atoms. The van der Waals surface area contributed by atoms with E-state index in [-0.39, 0.29) is 0 Å². The summed E-state index contributed by atoms with van der Waals surface area (Å²) in [4.78, 5) is 7.00. The van der Waals surface area contributed by atoms with Crippen LogP contribution in [0.25, 0.3) is 0 Å². The minimum Gasteiger partial charge on any atom is -0.494 e. The lowest BCUT2D eigenvalue weighted by molar-refractivity contribution is 0.415. The summed E-state index contributed by atoms with van der Waals surface area (Å²) in [5.74, 6) is 1.94. The third-order valence-corrected chi connectivity index (χ3v) is 3.18. The van der Waals surface area contributed by atoms with E-state index in [2.05, 4.69) is 29.8 Å². The molecule has 2 rings (SSSR count). The van der Waals surface area contributed by atoms with Crippen LogP contribution in [-0.4, -0.2) is 30.9 Å². The van der Waals surface area contributed by atoms with E-state index >= 15 is 0 Å². The van der Waals surface area contributed by atoms with Gasteiger partial charge in [0.15, 0.2) is 0 Å². The molecule has 0 amide bonds. The van der Waals surface area contributed by atoms with E-state index < -0.39 is 0 Å². The second-order valence-electron chi connectivity index (χ2n) is 4.53. The highest BCUT2D eigenvalue weighted by Gasteiger charge is 2.13. The molecule has 1 saturated heterocycles. The Kier molecular flexibility index (Phi) is 3.67. The summed E-state index contributed by atoms with van der Waals surface area (Å²) in [5, 5.41) is 0. The fourth-order valence-corrected chi connectivity index (χ4v) is 2.16. The van der Waals surface area contributed by atoms with Crippen molar-refractivity contribution in [2.24, 2.45) is 4.99 Å². The smallest absolute Gasteiger partial charge is 0.144 e. The molecule has 3 heteroatoms. The Hall–Kier alpha value is -1.51. The van der Waals surface area contributed by atoms with Crippen LogP contribution in [0.5, 0.6) is 5.75 Å². The zero-order chi connectivity index (χ0) is 12.3. The highest BCUT2D eigenvalue weighted by Crippen LogP contribution is 2.28. The Labute approximate surface area is 103 Å². The van der Waals surface area contributed by atoms with Crippen LogP contribution < -0.4 is 4.74 Å². The van der Waals surface area contributed by atoms with Gasteiger partial charge in [-0.05, 0) is 44.4 Å². The van der Waals surface area contributed by atoms with Crippen LogP contribution in [0.1, 0.15) is 25.3 Å². The molecule has 1 aromatic rings. The normalized spacial score (nSPS) is 16.4. The molecule has 3 nitrogen and oxygen atoms in total. The van der Waals surface area contributed by atoms with Crippen molar-refractivity contribution >= 4 is 11.5 Å². The first kappa shape index (κ1) is 12.0. The zero-order valence-corrected chi connectivity index (χ0v) is 10.9. The van der Waals surface area contributed by atoms with Crippen LogP contribution in [0.3, 0.4) is 0 Å². The van der Waals surface area contributed by atoms with Gasteiger partial charge in [-0.1, -0.05) is 6.07 Å². The largest absolute Gasteiger partial charge is 0.494 e. The Morgan fingerprint density at radius 1 is 1.29 bits per heavy atom. The number of nitrogens with zero attached hydrogens (tertiary/aromatic N) is 2. The van der Waals surface area contributed by atoms with Crippen molar-refractivity contribution in [3.63, 3.8) is 0 Å². The third-order valence-electron chi connectivity index (χ3n) is 3.18. The monoisotopic (exact) mass is 232 g/mol. The topological polar surface area (TPSA) is 24.8 Å².